The van der Waals surface area contributed by atoms with Crippen molar-refractivity contribution in [2.45, 2.75) is 6.42 Å². The Kier molecular flexibility index (Phi) is 4.37. The molecule has 0 radical (unpaired) electrons. The number of nitrogen functional groups attached to an aromatic ring is 1. The lowest BCUT2D eigenvalue weighted by molar-refractivity contribution is 0.586. The van der Waals surface area contributed by atoms with Crippen molar-refractivity contribution >= 4 is 27.3 Å². The molecular formula is C14H13BrF2N2. The number of hydrogen-bond acceptors (Lipinski definition) is 2. The Morgan fingerprint density at radius 1 is 1.11 bits per heavy atom. The molecule has 0 aliphatic rings. The lowest BCUT2D eigenvalue weighted by Gasteiger charge is -2.10. The maximum Gasteiger partial charge on any atom is 0.126 e. The molecule has 0 heterocycles. The Morgan fingerprint density at radius 3 is 2.63 bits per heavy atom. The third kappa shape index (κ3) is 3.67. The van der Waals surface area contributed by atoms with Crippen LogP contribution in [0.1, 0.15) is 5.56 Å². The largest absolute Gasteiger partial charge is 0.397 e. The van der Waals surface area contributed by atoms with Crippen LogP contribution in [0.2, 0.25) is 0 Å². The highest BCUT2D eigenvalue weighted by molar-refractivity contribution is 9.10. The summed E-state index contributed by atoms with van der Waals surface area (Å²) in [5.41, 5.74) is 7.56. The van der Waals surface area contributed by atoms with Crippen molar-refractivity contribution < 1.29 is 8.78 Å². The van der Waals surface area contributed by atoms with Gasteiger partial charge >= 0.3 is 0 Å². The minimum absolute atomic E-state index is 0.350. The summed E-state index contributed by atoms with van der Waals surface area (Å²) in [6.07, 6.45) is 0.388. The molecule has 3 N–H and O–H groups in total. The molecule has 100 valence electrons. The Morgan fingerprint density at radius 2 is 1.89 bits per heavy atom. The monoisotopic (exact) mass is 326 g/mol. The van der Waals surface area contributed by atoms with Crippen molar-refractivity contribution in [2.24, 2.45) is 0 Å². The zero-order valence-corrected chi connectivity index (χ0v) is 11.7. The highest BCUT2D eigenvalue weighted by atomic mass is 79.9. The average Bonchev–Trinajstić information content (AvgIpc) is 2.36. The van der Waals surface area contributed by atoms with Crippen LogP contribution >= 0.6 is 15.9 Å². The number of nitrogens with two attached hydrogens (primary N) is 1. The van der Waals surface area contributed by atoms with Gasteiger partial charge in [-0.2, -0.15) is 0 Å². The first kappa shape index (κ1) is 13.8. The van der Waals surface area contributed by atoms with Crippen LogP contribution in [0.15, 0.2) is 40.9 Å². The number of halogens is 3. The Labute approximate surface area is 118 Å². The number of benzene rings is 2. The molecule has 0 fully saturated rings. The summed E-state index contributed by atoms with van der Waals surface area (Å²) >= 11 is 3.32. The molecule has 2 aromatic rings. The Balaban J connectivity index is 1.98. The number of nitrogens with one attached hydrogen (secondary N) is 1. The van der Waals surface area contributed by atoms with Gasteiger partial charge in [0.15, 0.2) is 0 Å². The predicted molar refractivity (Wildman–Crippen MR) is 77.1 cm³/mol. The minimum atomic E-state index is -0.431. The first-order valence-electron chi connectivity index (χ1n) is 5.79. The standard InChI is InChI=1S/C14H13BrF2N2/c15-10-1-4-14(13(18)8-10)19-6-5-9-7-11(16)2-3-12(9)17/h1-4,7-8,19H,5-6,18H2. The van der Waals surface area contributed by atoms with Crippen molar-refractivity contribution in [3.63, 3.8) is 0 Å². The molecule has 0 amide bonds. The third-order valence-electron chi connectivity index (χ3n) is 2.73. The van der Waals surface area contributed by atoms with Gasteiger partial charge in [-0.1, -0.05) is 15.9 Å². The Bertz CT molecular complexity index is 588. The van der Waals surface area contributed by atoms with E-state index in [1.165, 1.54) is 6.07 Å². The molecule has 0 aromatic heterocycles. The first-order chi connectivity index (χ1) is 9.06. The van der Waals surface area contributed by atoms with Gasteiger partial charge in [0.05, 0.1) is 11.4 Å². The van der Waals surface area contributed by atoms with Crippen LogP contribution in [-0.4, -0.2) is 6.54 Å². The maximum absolute atomic E-state index is 13.4. The fourth-order valence-electron chi connectivity index (χ4n) is 1.76. The van der Waals surface area contributed by atoms with Crippen molar-refractivity contribution in [1.29, 1.82) is 0 Å². The van der Waals surface area contributed by atoms with Gasteiger partial charge in [0.2, 0.25) is 0 Å². The zero-order chi connectivity index (χ0) is 13.8. The topological polar surface area (TPSA) is 38.0 Å². The van der Waals surface area contributed by atoms with Crippen LogP contribution in [0.4, 0.5) is 20.2 Å². The maximum atomic E-state index is 13.4. The van der Waals surface area contributed by atoms with E-state index in [0.717, 1.165) is 22.3 Å². The van der Waals surface area contributed by atoms with Gasteiger partial charge in [0.1, 0.15) is 11.6 Å². The van der Waals surface area contributed by atoms with E-state index in [4.69, 9.17) is 5.73 Å². The molecule has 0 saturated heterocycles. The quantitative estimate of drug-likeness (QED) is 0.834. The minimum Gasteiger partial charge on any atom is -0.397 e. The van der Waals surface area contributed by atoms with E-state index in [0.29, 0.717) is 24.2 Å². The molecule has 0 spiro atoms. The molecule has 5 heteroatoms. The van der Waals surface area contributed by atoms with Gasteiger partial charge in [0.25, 0.3) is 0 Å². The van der Waals surface area contributed by atoms with Gasteiger partial charge in [0, 0.05) is 11.0 Å². The smallest absolute Gasteiger partial charge is 0.126 e. The van der Waals surface area contributed by atoms with Crippen LogP contribution < -0.4 is 11.1 Å². The van der Waals surface area contributed by atoms with Crippen molar-refractivity contribution in [3.8, 4) is 0 Å². The molecule has 0 aliphatic heterocycles. The highest BCUT2D eigenvalue weighted by Gasteiger charge is 2.04. The molecule has 0 unspecified atom stereocenters. The molecule has 0 saturated carbocycles. The van der Waals surface area contributed by atoms with E-state index < -0.39 is 11.6 Å². The molecule has 19 heavy (non-hydrogen) atoms. The second kappa shape index (κ2) is 6.02. The first-order valence-corrected chi connectivity index (χ1v) is 6.58. The predicted octanol–water partition coefficient (Wildman–Crippen LogP) is 3.96. The normalized spacial score (nSPS) is 10.5. The second-order valence-corrected chi connectivity index (χ2v) is 5.06. The molecule has 2 rings (SSSR count). The van der Waals surface area contributed by atoms with E-state index in [1.807, 2.05) is 12.1 Å². The van der Waals surface area contributed by atoms with Gasteiger partial charge in [-0.25, -0.2) is 8.78 Å². The molecule has 2 aromatic carbocycles. The van der Waals surface area contributed by atoms with E-state index in [-0.39, 0.29) is 0 Å². The number of hydrogen-bond donors (Lipinski definition) is 2. The summed E-state index contributed by atoms with van der Waals surface area (Å²) in [5.74, 6) is -0.827. The van der Waals surface area contributed by atoms with E-state index in [1.54, 1.807) is 6.07 Å². The summed E-state index contributed by atoms with van der Waals surface area (Å²) in [7, 11) is 0. The average molecular weight is 327 g/mol. The summed E-state index contributed by atoms with van der Waals surface area (Å²) in [4.78, 5) is 0. The van der Waals surface area contributed by atoms with E-state index >= 15 is 0 Å². The molecular weight excluding hydrogens is 314 g/mol. The van der Waals surface area contributed by atoms with Crippen LogP contribution in [0, 0.1) is 11.6 Å². The number of anilines is 2. The van der Waals surface area contributed by atoms with Crippen LogP contribution in [0.25, 0.3) is 0 Å². The van der Waals surface area contributed by atoms with Crippen LogP contribution in [0.5, 0.6) is 0 Å². The Hall–Kier alpha value is -1.62. The summed E-state index contributed by atoms with van der Waals surface area (Å²) in [5, 5.41) is 3.10. The summed E-state index contributed by atoms with van der Waals surface area (Å²) in [6, 6.07) is 8.94. The van der Waals surface area contributed by atoms with E-state index in [2.05, 4.69) is 21.2 Å². The van der Waals surface area contributed by atoms with Crippen molar-refractivity contribution in [1.82, 2.24) is 0 Å². The highest BCUT2D eigenvalue weighted by Crippen LogP contribution is 2.23. The molecule has 0 bridgehead atoms. The van der Waals surface area contributed by atoms with Gasteiger partial charge < -0.3 is 11.1 Å². The van der Waals surface area contributed by atoms with Crippen LogP contribution in [-0.2, 0) is 6.42 Å². The fourth-order valence-corrected chi connectivity index (χ4v) is 2.14. The molecule has 2 nitrogen and oxygen atoms in total. The van der Waals surface area contributed by atoms with Gasteiger partial charge in [-0.3, -0.25) is 0 Å². The zero-order valence-electron chi connectivity index (χ0n) is 10.1. The van der Waals surface area contributed by atoms with E-state index in [9.17, 15) is 8.78 Å². The summed E-state index contributed by atoms with van der Waals surface area (Å²) < 4.78 is 27.3. The van der Waals surface area contributed by atoms with Gasteiger partial charge in [-0.05, 0) is 48.4 Å². The van der Waals surface area contributed by atoms with Gasteiger partial charge in [-0.15, -0.1) is 0 Å². The molecule has 0 atom stereocenters. The lowest BCUT2D eigenvalue weighted by Crippen LogP contribution is -2.08. The number of rotatable bonds is 4. The lowest BCUT2D eigenvalue weighted by atomic mass is 10.1. The third-order valence-corrected chi connectivity index (χ3v) is 3.22. The van der Waals surface area contributed by atoms with Crippen LogP contribution in [0.3, 0.4) is 0 Å². The summed E-state index contributed by atoms with van der Waals surface area (Å²) in [6.45, 7) is 0.478. The van der Waals surface area contributed by atoms with Crippen molar-refractivity contribution in [2.75, 3.05) is 17.6 Å². The second-order valence-electron chi connectivity index (χ2n) is 4.14. The van der Waals surface area contributed by atoms with Crippen molar-refractivity contribution in [3.05, 3.63) is 58.1 Å². The molecule has 0 aliphatic carbocycles. The SMILES string of the molecule is Nc1cc(Br)ccc1NCCc1cc(F)ccc1F. The fraction of sp³-hybridized carbons (Fsp3) is 0.143.